The summed E-state index contributed by atoms with van der Waals surface area (Å²) < 4.78 is 0. The van der Waals surface area contributed by atoms with Crippen LogP contribution in [-0.2, 0) is 0 Å². The minimum absolute atomic E-state index is 0.0657. The normalized spacial score (nSPS) is 11.0. The van der Waals surface area contributed by atoms with Crippen LogP contribution in [0.15, 0.2) is 65.7 Å². The molecule has 2 aromatic carbocycles. The molecule has 1 aromatic heterocycles. The molecular formula is C16H11N3O2. The first kappa shape index (κ1) is 12.9. The summed E-state index contributed by atoms with van der Waals surface area (Å²) >= 11 is 0. The molecule has 102 valence electrons. The summed E-state index contributed by atoms with van der Waals surface area (Å²) in [4.78, 5) is 18.9. The van der Waals surface area contributed by atoms with Crippen molar-refractivity contribution in [3.05, 3.63) is 76.3 Å². The minimum Gasteiger partial charge on any atom is -0.258 e. The van der Waals surface area contributed by atoms with Gasteiger partial charge in [0.1, 0.15) is 0 Å². The highest BCUT2D eigenvalue weighted by Crippen LogP contribution is 2.17. The van der Waals surface area contributed by atoms with Crippen molar-refractivity contribution in [2.75, 3.05) is 0 Å². The summed E-state index contributed by atoms with van der Waals surface area (Å²) in [5, 5.41) is 11.6. The topological polar surface area (TPSA) is 68.4 Å². The molecule has 0 radical (unpaired) electrons. The van der Waals surface area contributed by atoms with E-state index in [0.717, 1.165) is 16.5 Å². The molecule has 3 rings (SSSR count). The summed E-state index contributed by atoms with van der Waals surface area (Å²) in [5.74, 6) is 0.604. The van der Waals surface area contributed by atoms with Crippen LogP contribution in [0, 0.1) is 10.1 Å². The fourth-order valence-electron chi connectivity index (χ4n) is 1.95. The summed E-state index contributed by atoms with van der Waals surface area (Å²) in [7, 11) is 0. The maximum Gasteiger partial charge on any atom is 0.269 e. The Bertz CT molecular complexity index is 826. The molecule has 5 heteroatoms. The van der Waals surface area contributed by atoms with Gasteiger partial charge in [0.2, 0.25) is 0 Å². The van der Waals surface area contributed by atoms with Crippen molar-refractivity contribution >= 4 is 28.6 Å². The van der Waals surface area contributed by atoms with Crippen LogP contribution in [-0.4, -0.2) is 16.1 Å². The smallest absolute Gasteiger partial charge is 0.258 e. The van der Waals surface area contributed by atoms with E-state index in [-0.39, 0.29) is 5.69 Å². The van der Waals surface area contributed by atoms with Gasteiger partial charge in [0.25, 0.3) is 5.69 Å². The van der Waals surface area contributed by atoms with Gasteiger partial charge < -0.3 is 0 Å². The van der Waals surface area contributed by atoms with Crippen LogP contribution in [0.2, 0.25) is 0 Å². The third-order valence-electron chi connectivity index (χ3n) is 3.03. The molecule has 0 amide bonds. The van der Waals surface area contributed by atoms with Crippen LogP contribution in [0.4, 0.5) is 11.5 Å². The molecule has 0 aliphatic heterocycles. The third-order valence-corrected chi connectivity index (χ3v) is 3.03. The third kappa shape index (κ3) is 2.92. The predicted molar refractivity (Wildman–Crippen MR) is 82.1 cm³/mol. The maximum atomic E-state index is 10.6. The van der Waals surface area contributed by atoms with E-state index in [9.17, 15) is 10.1 Å². The second-order valence-corrected chi connectivity index (χ2v) is 4.47. The summed E-state index contributed by atoms with van der Waals surface area (Å²) in [6.45, 7) is 0. The van der Waals surface area contributed by atoms with E-state index in [0.29, 0.717) is 5.82 Å². The number of para-hydroxylation sites is 1. The number of hydrogen-bond donors (Lipinski definition) is 0. The molecule has 0 atom stereocenters. The van der Waals surface area contributed by atoms with Crippen LogP contribution in [0.1, 0.15) is 5.56 Å². The number of aromatic nitrogens is 1. The van der Waals surface area contributed by atoms with Crippen molar-refractivity contribution in [1.29, 1.82) is 0 Å². The molecule has 21 heavy (non-hydrogen) atoms. The van der Waals surface area contributed by atoms with Gasteiger partial charge in [0.05, 0.1) is 10.4 Å². The summed E-state index contributed by atoms with van der Waals surface area (Å²) in [5.41, 5.74) is 1.74. The van der Waals surface area contributed by atoms with Gasteiger partial charge in [-0.2, -0.15) is 0 Å². The van der Waals surface area contributed by atoms with E-state index in [1.165, 1.54) is 12.1 Å². The maximum absolute atomic E-state index is 10.6. The quantitative estimate of drug-likeness (QED) is 0.414. The standard InChI is InChI=1S/C16H11N3O2/c20-19(21)14-8-5-12(6-9-14)11-17-16-10-7-13-3-1-2-4-15(13)18-16/h1-11H. The molecule has 1 heterocycles. The highest BCUT2D eigenvalue weighted by atomic mass is 16.6. The van der Waals surface area contributed by atoms with Gasteiger partial charge in [-0.15, -0.1) is 0 Å². The first-order valence-electron chi connectivity index (χ1n) is 6.37. The van der Waals surface area contributed by atoms with Gasteiger partial charge in [0.15, 0.2) is 5.82 Å². The average Bonchev–Trinajstić information content (AvgIpc) is 2.53. The van der Waals surface area contributed by atoms with E-state index < -0.39 is 4.92 Å². The Morgan fingerprint density at radius 3 is 2.52 bits per heavy atom. The minimum atomic E-state index is -0.425. The second-order valence-electron chi connectivity index (χ2n) is 4.47. The zero-order valence-corrected chi connectivity index (χ0v) is 11.0. The van der Waals surface area contributed by atoms with E-state index in [4.69, 9.17) is 0 Å². The number of rotatable bonds is 3. The summed E-state index contributed by atoms with van der Waals surface area (Å²) in [6, 6.07) is 17.8. The SMILES string of the molecule is O=[N+]([O-])c1ccc(C=Nc2ccc3ccccc3n2)cc1. The van der Waals surface area contributed by atoms with Crippen LogP contribution < -0.4 is 0 Å². The number of benzene rings is 2. The first-order valence-corrected chi connectivity index (χ1v) is 6.37. The Morgan fingerprint density at radius 1 is 1.00 bits per heavy atom. The number of aliphatic imine (C=N–C) groups is 1. The molecular weight excluding hydrogens is 266 g/mol. The zero-order valence-electron chi connectivity index (χ0n) is 11.0. The fraction of sp³-hybridized carbons (Fsp3) is 0. The Morgan fingerprint density at radius 2 is 1.76 bits per heavy atom. The van der Waals surface area contributed by atoms with Crippen molar-refractivity contribution < 1.29 is 4.92 Å². The van der Waals surface area contributed by atoms with Gasteiger partial charge in [0, 0.05) is 23.7 Å². The highest BCUT2D eigenvalue weighted by Gasteiger charge is 2.02. The Labute approximate surface area is 120 Å². The van der Waals surface area contributed by atoms with Crippen molar-refractivity contribution in [2.24, 2.45) is 4.99 Å². The molecule has 3 aromatic rings. The van der Waals surface area contributed by atoms with Crippen LogP contribution >= 0.6 is 0 Å². The van der Waals surface area contributed by atoms with E-state index in [1.807, 2.05) is 36.4 Å². The summed E-state index contributed by atoms with van der Waals surface area (Å²) in [6.07, 6.45) is 1.64. The number of non-ortho nitro benzene ring substituents is 1. The highest BCUT2D eigenvalue weighted by molar-refractivity contribution is 5.84. The lowest BCUT2D eigenvalue weighted by atomic mass is 10.2. The number of nitrogens with zero attached hydrogens (tertiary/aromatic N) is 3. The number of fused-ring (bicyclic) bond motifs is 1. The second kappa shape index (κ2) is 5.50. The Kier molecular flexibility index (Phi) is 3.39. The molecule has 0 bridgehead atoms. The molecule has 0 fully saturated rings. The van der Waals surface area contributed by atoms with Crippen LogP contribution in [0.3, 0.4) is 0 Å². The lowest BCUT2D eigenvalue weighted by Crippen LogP contribution is -1.88. The van der Waals surface area contributed by atoms with Crippen molar-refractivity contribution in [2.45, 2.75) is 0 Å². The molecule has 0 N–H and O–H groups in total. The lowest BCUT2D eigenvalue weighted by molar-refractivity contribution is -0.384. The van der Waals surface area contributed by atoms with Gasteiger partial charge in [-0.05, 0) is 35.9 Å². The monoisotopic (exact) mass is 277 g/mol. The zero-order chi connectivity index (χ0) is 14.7. The van der Waals surface area contributed by atoms with E-state index >= 15 is 0 Å². The van der Waals surface area contributed by atoms with Crippen LogP contribution in [0.25, 0.3) is 10.9 Å². The Balaban J connectivity index is 1.85. The Hall–Kier alpha value is -3.08. The van der Waals surface area contributed by atoms with Gasteiger partial charge in [-0.1, -0.05) is 18.2 Å². The molecule has 0 unspecified atom stereocenters. The molecule has 0 saturated heterocycles. The molecule has 0 spiro atoms. The van der Waals surface area contributed by atoms with E-state index in [1.54, 1.807) is 18.3 Å². The van der Waals surface area contributed by atoms with Gasteiger partial charge in [-0.3, -0.25) is 10.1 Å². The van der Waals surface area contributed by atoms with Crippen LogP contribution in [0.5, 0.6) is 0 Å². The molecule has 0 saturated carbocycles. The largest absolute Gasteiger partial charge is 0.269 e. The lowest BCUT2D eigenvalue weighted by Gasteiger charge is -1.98. The molecule has 5 nitrogen and oxygen atoms in total. The van der Waals surface area contributed by atoms with Crippen molar-refractivity contribution in [3.8, 4) is 0 Å². The number of pyridine rings is 1. The average molecular weight is 277 g/mol. The molecule has 0 aliphatic rings. The van der Waals surface area contributed by atoms with Gasteiger partial charge >= 0.3 is 0 Å². The number of nitro benzene ring substituents is 1. The fourth-order valence-corrected chi connectivity index (χ4v) is 1.95. The van der Waals surface area contributed by atoms with Gasteiger partial charge in [-0.25, -0.2) is 9.98 Å². The first-order chi connectivity index (χ1) is 10.2. The van der Waals surface area contributed by atoms with E-state index in [2.05, 4.69) is 9.98 Å². The van der Waals surface area contributed by atoms with Crippen molar-refractivity contribution in [3.63, 3.8) is 0 Å². The predicted octanol–water partition coefficient (Wildman–Crippen LogP) is 3.89. The van der Waals surface area contributed by atoms with Crippen molar-refractivity contribution in [1.82, 2.24) is 4.98 Å². The molecule has 0 aliphatic carbocycles. The number of hydrogen-bond acceptors (Lipinski definition) is 4. The number of nitro groups is 1.